The zero-order valence-electron chi connectivity index (χ0n) is 20.7. The van der Waals surface area contributed by atoms with Gasteiger partial charge in [0.25, 0.3) is 0 Å². The van der Waals surface area contributed by atoms with E-state index in [-0.39, 0.29) is 17.4 Å². The minimum absolute atomic E-state index is 0.0635. The van der Waals surface area contributed by atoms with E-state index in [9.17, 15) is 4.79 Å². The molecule has 2 aromatic carbocycles. The molecule has 1 atom stereocenters. The van der Waals surface area contributed by atoms with Gasteiger partial charge in [-0.2, -0.15) is 4.98 Å². The minimum Gasteiger partial charge on any atom is -0.444 e. The minimum atomic E-state index is -0.539. The van der Waals surface area contributed by atoms with E-state index in [4.69, 9.17) is 32.7 Å². The number of nitrogens with zero attached hydrogens (tertiary/aromatic N) is 4. The third-order valence-corrected chi connectivity index (χ3v) is 6.78. The number of anilines is 1. The molecule has 0 aliphatic carbocycles. The van der Waals surface area contributed by atoms with Crippen molar-refractivity contribution < 1.29 is 14.3 Å². The van der Waals surface area contributed by atoms with Crippen molar-refractivity contribution in [3.63, 3.8) is 0 Å². The average molecular weight is 527 g/mol. The van der Waals surface area contributed by atoms with Gasteiger partial charge < -0.3 is 19.3 Å². The highest BCUT2D eigenvalue weighted by atomic mass is 35.5. The second kappa shape index (κ2) is 9.45. The molecule has 3 aromatic rings. The molecule has 188 valence electrons. The van der Waals surface area contributed by atoms with Crippen molar-refractivity contribution in [3.05, 3.63) is 63.9 Å². The van der Waals surface area contributed by atoms with Crippen molar-refractivity contribution in [2.75, 3.05) is 24.5 Å². The van der Waals surface area contributed by atoms with E-state index in [1.165, 1.54) is 0 Å². The molecule has 0 saturated carbocycles. The molecule has 2 aliphatic rings. The van der Waals surface area contributed by atoms with Crippen LogP contribution in [0.2, 0.25) is 10.3 Å². The Hall–Kier alpha value is -3.03. The van der Waals surface area contributed by atoms with Crippen molar-refractivity contribution in [3.8, 4) is 5.88 Å². The number of carbonyl (C=O) groups is 1. The third-order valence-electron chi connectivity index (χ3n) is 6.29. The summed E-state index contributed by atoms with van der Waals surface area (Å²) in [5.74, 6) is 1.85. The topological polar surface area (TPSA) is 67.8 Å². The number of aromatic nitrogens is 2. The first-order chi connectivity index (χ1) is 17.1. The molecular formula is C27H28Cl2N4O3. The molecule has 0 bridgehead atoms. The summed E-state index contributed by atoms with van der Waals surface area (Å²) >= 11 is 12.9. The number of halogens is 2. The van der Waals surface area contributed by atoms with Crippen LogP contribution in [0.5, 0.6) is 5.88 Å². The lowest BCUT2D eigenvalue weighted by Gasteiger charge is -2.41. The monoisotopic (exact) mass is 526 g/mol. The van der Waals surface area contributed by atoms with Crippen LogP contribution in [0.3, 0.4) is 0 Å². The maximum absolute atomic E-state index is 12.6. The van der Waals surface area contributed by atoms with Crippen molar-refractivity contribution in [1.82, 2.24) is 14.9 Å². The Labute approximate surface area is 220 Å². The molecular weight excluding hydrogens is 499 g/mol. The molecule has 7 nitrogen and oxygen atoms in total. The molecule has 1 amide bonds. The summed E-state index contributed by atoms with van der Waals surface area (Å²) in [6.45, 7) is 9.32. The van der Waals surface area contributed by atoms with E-state index in [0.29, 0.717) is 42.7 Å². The van der Waals surface area contributed by atoms with Gasteiger partial charge in [0.15, 0.2) is 0 Å². The van der Waals surface area contributed by atoms with Crippen LogP contribution in [0.25, 0.3) is 16.5 Å². The van der Waals surface area contributed by atoms with Crippen LogP contribution in [0.4, 0.5) is 10.6 Å². The first-order valence-electron chi connectivity index (χ1n) is 12.0. The van der Waals surface area contributed by atoms with Crippen molar-refractivity contribution in [2.45, 2.75) is 45.8 Å². The number of fused-ring (bicyclic) bond motifs is 2. The van der Waals surface area contributed by atoms with Gasteiger partial charge in [0.05, 0.1) is 5.56 Å². The zero-order valence-corrected chi connectivity index (χ0v) is 22.2. The van der Waals surface area contributed by atoms with Crippen molar-refractivity contribution in [1.29, 1.82) is 0 Å². The smallest absolute Gasteiger partial charge is 0.410 e. The van der Waals surface area contributed by atoms with Crippen LogP contribution in [-0.2, 0) is 11.2 Å². The molecule has 0 spiro atoms. The quantitative estimate of drug-likeness (QED) is 0.362. The van der Waals surface area contributed by atoms with Gasteiger partial charge in [-0.25, -0.2) is 9.78 Å². The average Bonchev–Trinajstić information content (AvgIpc) is 2.81. The van der Waals surface area contributed by atoms with E-state index in [2.05, 4.69) is 14.9 Å². The van der Waals surface area contributed by atoms with E-state index in [1.807, 2.05) is 70.2 Å². The van der Waals surface area contributed by atoms with E-state index < -0.39 is 5.60 Å². The molecule has 0 N–H and O–H groups in total. The summed E-state index contributed by atoms with van der Waals surface area (Å²) < 4.78 is 11.9. The molecule has 1 aromatic heterocycles. The van der Waals surface area contributed by atoms with Crippen LogP contribution in [-0.4, -0.2) is 52.2 Å². The Balaban J connectivity index is 1.41. The molecule has 5 rings (SSSR count). The van der Waals surface area contributed by atoms with Gasteiger partial charge in [-0.3, -0.25) is 0 Å². The Morgan fingerprint density at radius 1 is 1.11 bits per heavy atom. The lowest BCUT2D eigenvalue weighted by atomic mass is 10.0. The Bertz CT molecular complexity index is 1360. The highest BCUT2D eigenvalue weighted by molar-refractivity contribution is 6.36. The fourth-order valence-corrected chi connectivity index (χ4v) is 5.14. The number of hydrogen-bond donors (Lipinski definition) is 0. The summed E-state index contributed by atoms with van der Waals surface area (Å²) in [6, 6.07) is 11.8. The van der Waals surface area contributed by atoms with Crippen LogP contribution in [0.1, 0.15) is 38.8 Å². The number of hydrogen-bond acceptors (Lipinski definition) is 6. The van der Waals surface area contributed by atoms with Gasteiger partial charge in [-0.1, -0.05) is 41.9 Å². The normalized spacial score (nSPS) is 17.9. The maximum atomic E-state index is 12.6. The van der Waals surface area contributed by atoms with E-state index in [1.54, 1.807) is 4.90 Å². The lowest BCUT2D eigenvalue weighted by molar-refractivity contribution is 0.0158. The Kier molecular flexibility index (Phi) is 6.47. The lowest BCUT2D eigenvalue weighted by Crippen LogP contribution is -2.55. The summed E-state index contributed by atoms with van der Waals surface area (Å²) in [5, 5.41) is 2.75. The standard InChI is InChI=1S/C27H28Cl2N4O3/c1-16-15-32(13-14-33(16)26(34)36-27(2,3)4)23-19-11-12-21(35-24(19)31-25(29)30-23)18-9-5-7-17-8-6-10-20(28)22(17)18/h5-10,12,16H,11,13-15H2,1-4H3/t16-/m1/s1. The molecule has 3 heterocycles. The second-order valence-electron chi connectivity index (χ2n) is 10.1. The molecule has 1 fully saturated rings. The largest absolute Gasteiger partial charge is 0.444 e. The number of ether oxygens (including phenoxy) is 2. The molecule has 2 aliphatic heterocycles. The van der Waals surface area contributed by atoms with Crippen molar-refractivity contribution >= 4 is 51.6 Å². The summed E-state index contributed by atoms with van der Waals surface area (Å²) in [7, 11) is 0. The highest BCUT2D eigenvalue weighted by Crippen LogP contribution is 2.39. The number of rotatable bonds is 2. The predicted octanol–water partition coefficient (Wildman–Crippen LogP) is 6.36. The molecule has 0 unspecified atom stereocenters. The van der Waals surface area contributed by atoms with Gasteiger partial charge in [-0.05, 0) is 56.8 Å². The molecule has 9 heteroatoms. The molecule has 0 radical (unpaired) electrons. The summed E-state index contributed by atoms with van der Waals surface area (Å²) in [5.41, 5.74) is 1.23. The third kappa shape index (κ3) is 4.82. The van der Waals surface area contributed by atoms with Crippen molar-refractivity contribution in [2.24, 2.45) is 0 Å². The summed E-state index contributed by atoms with van der Waals surface area (Å²) in [4.78, 5) is 25.5. The highest BCUT2D eigenvalue weighted by Gasteiger charge is 2.33. The number of piperazine rings is 1. The van der Waals surface area contributed by atoms with Crippen LogP contribution in [0, 0.1) is 0 Å². The summed E-state index contributed by atoms with van der Waals surface area (Å²) in [6.07, 6.45) is 2.31. The number of allylic oxidation sites excluding steroid dienone is 1. The van der Waals surface area contributed by atoms with E-state index in [0.717, 1.165) is 27.7 Å². The second-order valence-corrected chi connectivity index (χ2v) is 10.8. The van der Waals surface area contributed by atoms with Crippen LogP contribution < -0.4 is 9.64 Å². The number of amides is 1. The maximum Gasteiger partial charge on any atom is 0.410 e. The van der Waals surface area contributed by atoms with Gasteiger partial charge in [0.2, 0.25) is 11.2 Å². The van der Waals surface area contributed by atoms with Gasteiger partial charge in [0, 0.05) is 48.1 Å². The van der Waals surface area contributed by atoms with Gasteiger partial charge in [0.1, 0.15) is 17.2 Å². The zero-order chi connectivity index (χ0) is 25.6. The first kappa shape index (κ1) is 24.7. The predicted molar refractivity (Wildman–Crippen MR) is 143 cm³/mol. The fraction of sp³-hybridized carbons (Fsp3) is 0.370. The Morgan fingerprint density at radius 3 is 2.58 bits per heavy atom. The number of carbonyl (C=O) groups excluding carboxylic acids is 1. The van der Waals surface area contributed by atoms with E-state index >= 15 is 0 Å². The van der Waals surface area contributed by atoms with Gasteiger partial charge >= 0.3 is 6.09 Å². The SMILES string of the molecule is C[C@@H]1CN(c2nc(Cl)nc3c2CC=C(c2cccc4cccc(Cl)c24)O3)CCN1C(=O)OC(C)(C)C. The van der Waals surface area contributed by atoms with Crippen LogP contribution in [0.15, 0.2) is 42.5 Å². The molecule has 1 saturated heterocycles. The number of benzene rings is 2. The van der Waals surface area contributed by atoms with Gasteiger partial charge in [-0.15, -0.1) is 0 Å². The first-order valence-corrected chi connectivity index (χ1v) is 12.7. The Morgan fingerprint density at radius 2 is 1.86 bits per heavy atom. The fourth-order valence-electron chi connectivity index (χ4n) is 4.70. The molecule has 36 heavy (non-hydrogen) atoms. The van der Waals surface area contributed by atoms with Crippen LogP contribution >= 0.6 is 23.2 Å².